The highest BCUT2D eigenvalue weighted by Crippen LogP contribution is 2.28. The van der Waals surface area contributed by atoms with Crippen molar-refractivity contribution in [3.05, 3.63) is 46.2 Å². The molecule has 2 amide bonds. The Kier molecular flexibility index (Phi) is 8.26. The van der Waals surface area contributed by atoms with E-state index in [1.165, 1.54) is 17.8 Å². The Hall–Kier alpha value is -2.87. The van der Waals surface area contributed by atoms with E-state index < -0.39 is 0 Å². The van der Waals surface area contributed by atoms with Crippen molar-refractivity contribution in [2.24, 2.45) is 5.10 Å². The van der Waals surface area contributed by atoms with Gasteiger partial charge in [0.05, 0.1) is 19.2 Å². The zero-order valence-corrected chi connectivity index (χ0v) is 18.0. The third-order valence-electron chi connectivity index (χ3n) is 4.65. The van der Waals surface area contributed by atoms with Crippen molar-refractivity contribution in [2.45, 2.75) is 32.6 Å². The average Bonchev–Trinajstić information content (AvgIpc) is 3.27. The molecule has 0 unspecified atom stereocenters. The van der Waals surface area contributed by atoms with Crippen molar-refractivity contribution in [3.63, 3.8) is 0 Å². The predicted molar refractivity (Wildman–Crippen MR) is 117 cm³/mol. The molecule has 160 valence electrons. The third-order valence-corrected chi connectivity index (χ3v) is 5.52. The number of nitrogens with one attached hydrogen (secondary N) is 1. The molecule has 3 rings (SSSR count). The fourth-order valence-corrected chi connectivity index (χ4v) is 3.86. The van der Waals surface area contributed by atoms with Crippen LogP contribution in [0.4, 0.5) is 0 Å². The molecule has 0 bridgehead atoms. The van der Waals surface area contributed by atoms with E-state index in [0.29, 0.717) is 24.5 Å². The van der Waals surface area contributed by atoms with Crippen molar-refractivity contribution in [3.8, 4) is 11.5 Å². The highest BCUT2D eigenvalue weighted by atomic mass is 32.1. The van der Waals surface area contributed by atoms with E-state index in [9.17, 15) is 9.59 Å². The van der Waals surface area contributed by atoms with Crippen molar-refractivity contribution in [1.29, 1.82) is 0 Å². The minimum atomic E-state index is -0.171. The quantitative estimate of drug-likeness (QED) is 0.490. The lowest BCUT2D eigenvalue weighted by Gasteiger charge is -2.26. The second-order valence-corrected chi connectivity index (χ2v) is 7.95. The monoisotopic (exact) mass is 429 g/mol. The fourth-order valence-electron chi connectivity index (χ4n) is 3.16. The zero-order chi connectivity index (χ0) is 21.2. The van der Waals surface area contributed by atoms with E-state index in [2.05, 4.69) is 10.5 Å². The summed E-state index contributed by atoms with van der Waals surface area (Å²) in [5.74, 6) is 0.880. The number of carbonyl (C=O) groups excluding carboxylic acids is 2. The number of rotatable bonds is 9. The highest BCUT2D eigenvalue weighted by molar-refractivity contribution is 7.10. The first-order valence-electron chi connectivity index (χ1n) is 10.2. The van der Waals surface area contributed by atoms with Gasteiger partial charge in [-0.1, -0.05) is 6.07 Å². The molecule has 1 N–H and O–H groups in total. The molecule has 0 saturated carbocycles. The first-order chi connectivity index (χ1) is 14.7. The molecule has 8 heteroatoms. The topological polar surface area (TPSA) is 80.2 Å². The van der Waals surface area contributed by atoms with Gasteiger partial charge in [0.1, 0.15) is 0 Å². The van der Waals surface area contributed by atoms with Crippen LogP contribution >= 0.6 is 11.3 Å². The molecule has 2 aromatic rings. The van der Waals surface area contributed by atoms with E-state index in [0.717, 1.165) is 36.4 Å². The fraction of sp³-hybridized carbons (Fsp3) is 0.409. The van der Waals surface area contributed by atoms with Gasteiger partial charge in [-0.3, -0.25) is 9.59 Å². The summed E-state index contributed by atoms with van der Waals surface area (Å²) >= 11 is 1.54. The molecular weight excluding hydrogens is 402 g/mol. The molecular formula is C22H27N3O4S. The van der Waals surface area contributed by atoms with Crippen LogP contribution < -0.4 is 14.9 Å². The number of amides is 2. The van der Waals surface area contributed by atoms with Crippen LogP contribution in [0.1, 0.15) is 36.6 Å². The number of piperidine rings is 1. The molecule has 0 aliphatic carbocycles. The Labute approximate surface area is 180 Å². The SMILES string of the molecule is CCOc1cc(/C=N/NC(=O)Cc2cccs2)ccc1OCC(=O)N1CCCCC1. The first-order valence-corrected chi connectivity index (χ1v) is 11.1. The van der Waals surface area contributed by atoms with Crippen LogP contribution in [0.3, 0.4) is 0 Å². The molecule has 7 nitrogen and oxygen atoms in total. The molecule has 1 aliphatic rings. The molecule has 1 aliphatic heterocycles. The summed E-state index contributed by atoms with van der Waals surface area (Å²) in [5, 5.41) is 5.95. The number of nitrogens with zero attached hydrogens (tertiary/aromatic N) is 2. The normalized spacial score (nSPS) is 14.0. The average molecular weight is 430 g/mol. The molecule has 1 aromatic heterocycles. The van der Waals surface area contributed by atoms with Gasteiger partial charge in [0.15, 0.2) is 18.1 Å². The molecule has 1 saturated heterocycles. The largest absolute Gasteiger partial charge is 0.490 e. The number of carbonyl (C=O) groups is 2. The first kappa shape index (κ1) is 21.8. The molecule has 0 atom stereocenters. The van der Waals surface area contributed by atoms with Crippen LogP contribution in [0.15, 0.2) is 40.8 Å². The van der Waals surface area contributed by atoms with Crippen LogP contribution in [-0.2, 0) is 16.0 Å². The number of benzene rings is 1. The van der Waals surface area contributed by atoms with Crippen LogP contribution in [0.25, 0.3) is 0 Å². The smallest absolute Gasteiger partial charge is 0.260 e. The number of hydrogen-bond donors (Lipinski definition) is 1. The lowest BCUT2D eigenvalue weighted by Crippen LogP contribution is -2.38. The number of likely N-dealkylation sites (tertiary alicyclic amines) is 1. The minimum Gasteiger partial charge on any atom is -0.490 e. The van der Waals surface area contributed by atoms with Gasteiger partial charge in [0.25, 0.3) is 5.91 Å². The second-order valence-electron chi connectivity index (χ2n) is 6.92. The Morgan fingerprint density at radius 1 is 1.17 bits per heavy atom. The molecule has 1 aromatic carbocycles. The lowest BCUT2D eigenvalue weighted by molar-refractivity contribution is -0.134. The van der Waals surface area contributed by atoms with Gasteiger partial charge in [0, 0.05) is 18.0 Å². The highest BCUT2D eigenvalue weighted by Gasteiger charge is 2.17. The van der Waals surface area contributed by atoms with Crippen LogP contribution in [0.5, 0.6) is 11.5 Å². The van der Waals surface area contributed by atoms with Crippen molar-refractivity contribution >= 4 is 29.4 Å². The number of thiophene rings is 1. The summed E-state index contributed by atoms with van der Waals surface area (Å²) in [7, 11) is 0. The Balaban J connectivity index is 1.55. The summed E-state index contributed by atoms with van der Waals surface area (Å²) in [4.78, 5) is 27.1. The van der Waals surface area contributed by atoms with Gasteiger partial charge in [-0.25, -0.2) is 5.43 Å². The Morgan fingerprint density at radius 3 is 2.73 bits per heavy atom. The summed E-state index contributed by atoms with van der Waals surface area (Å²) in [6.07, 6.45) is 5.13. The molecule has 0 spiro atoms. The van der Waals surface area contributed by atoms with E-state index in [1.54, 1.807) is 24.4 Å². The van der Waals surface area contributed by atoms with E-state index in [1.807, 2.05) is 29.3 Å². The van der Waals surface area contributed by atoms with E-state index in [-0.39, 0.29) is 18.4 Å². The van der Waals surface area contributed by atoms with Gasteiger partial charge in [-0.15, -0.1) is 11.3 Å². The number of ether oxygens (including phenoxy) is 2. The summed E-state index contributed by atoms with van der Waals surface area (Å²) in [5.41, 5.74) is 3.28. The van der Waals surface area contributed by atoms with Crippen molar-refractivity contribution in [1.82, 2.24) is 10.3 Å². The summed E-state index contributed by atoms with van der Waals surface area (Å²) in [6, 6.07) is 9.16. The molecule has 2 heterocycles. The van der Waals surface area contributed by atoms with Crippen LogP contribution in [0.2, 0.25) is 0 Å². The number of hydrazone groups is 1. The van der Waals surface area contributed by atoms with Gasteiger partial charge in [-0.05, 0) is 61.4 Å². The third kappa shape index (κ3) is 6.59. The maximum atomic E-state index is 12.3. The van der Waals surface area contributed by atoms with Gasteiger partial charge in [0.2, 0.25) is 5.91 Å². The molecule has 1 fully saturated rings. The Morgan fingerprint density at radius 2 is 2.00 bits per heavy atom. The minimum absolute atomic E-state index is 0.00348. The second kappa shape index (κ2) is 11.3. The van der Waals surface area contributed by atoms with E-state index >= 15 is 0 Å². The van der Waals surface area contributed by atoms with Crippen LogP contribution in [0, 0.1) is 0 Å². The zero-order valence-electron chi connectivity index (χ0n) is 17.1. The van der Waals surface area contributed by atoms with E-state index in [4.69, 9.17) is 9.47 Å². The predicted octanol–water partition coefficient (Wildman–Crippen LogP) is 3.23. The van der Waals surface area contributed by atoms with Crippen molar-refractivity contribution in [2.75, 3.05) is 26.3 Å². The maximum Gasteiger partial charge on any atom is 0.260 e. The summed E-state index contributed by atoms with van der Waals surface area (Å²) in [6.45, 7) is 3.94. The molecule has 0 radical (unpaired) electrons. The van der Waals surface area contributed by atoms with Gasteiger partial charge >= 0.3 is 0 Å². The van der Waals surface area contributed by atoms with Gasteiger partial charge < -0.3 is 14.4 Å². The molecule has 30 heavy (non-hydrogen) atoms. The Bertz CT molecular complexity index is 861. The van der Waals surface area contributed by atoms with Crippen LogP contribution in [-0.4, -0.2) is 49.2 Å². The maximum absolute atomic E-state index is 12.3. The van der Waals surface area contributed by atoms with Crippen molar-refractivity contribution < 1.29 is 19.1 Å². The lowest BCUT2D eigenvalue weighted by atomic mass is 10.1. The number of hydrogen-bond acceptors (Lipinski definition) is 6. The standard InChI is InChI=1S/C22H27N3O4S/c1-2-28-20-13-17(15-23-24-21(26)14-18-7-6-12-30-18)8-9-19(20)29-16-22(27)25-10-4-3-5-11-25/h6-9,12-13,15H,2-5,10-11,14,16H2,1H3,(H,24,26)/b23-15+. The summed E-state index contributed by atoms with van der Waals surface area (Å²) < 4.78 is 11.4. The van der Waals surface area contributed by atoms with Gasteiger partial charge in [-0.2, -0.15) is 5.10 Å².